The predicted molar refractivity (Wildman–Crippen MR) is 90.6 cm³/mol. The lowest BCUT2D eigenvalue weighted by molar-refractivity contribution is -0.127. The minimum Gasteiger partial charge on any atom is -0.506 e. The Hall–Kier alpha value is -2.31. The molecule has 3 rings (SSSR count). The Bertz CT molecular complexity index is 631. The number of amides is 1. The van der Waals surface area contributed by atoms with Gasteiger partial charge in [0.05, 0.1) is 5.69 Å². The fourth-order valence-corrected chi connectivity index (χ4v) is 2.67. The lowest BCUT2D eigenvalue weighted by Crippen LogP contribution is -2.33. The maximum absolute atomic E-state index is 13.3. The number of guanidine groups is 1. The molecule has 2 aliphatic rings. The van der Waals surface area contributed by atoms with Gasteiger partial charge in [0.25, 0.3) is 0 Å². The van der Waals surface area contributed by atoms with Crippen LogP contribution in [-0.2, 0) is 4.79 Å². The summed E-state index contributed by atoms with van der Waals surface area (Å²) >= 11 is 0. The summed E-state index contributed by atoms with van der Waals surface area (Å²) in [4.78, 5) is 17.9. The van der Waals surface area contributed by atoms with Crippen LogP contribution < -0.4 is 10.6 Å². The number of rotatable bonds is 6. The van der Waals surface area contributed by atoms with Gasteiger partial charge in [-0.3, -0.25) is 9.79 Å². The number of hydrogen-bond donors (Lipinski definition) is 3. The monoisotopic (exact) mass is 334 g/mol. The van der Waals surface area contributed by atoms with E-state index in [9.17, 15) is 14.3 Å². The van der Waals surface area contributed by atoms with Crippen LogP contribution in [0, 0.1) is 5.82 Å². The van der Waals surface area contributed by atoms with Crippen molar-refractivity contribution in [2.45, 2.75) is 38.1 Å². The minimum atomic E-state index is -0.423. The normalized spacial score (nSPS) is 18.1. The molecular weight excluding hydrogens is 311 g/mol. The molecule has 0 bridgehead atoms. The van der Waals surface area contributed by atoms with Gasteiger partial charge in [-0.05, 0) is 37.8 Å². The molecule has 1 aliphatic heterocycles. The van der Waals surface area contributed by atoms with Crippen LogP contribution in [0.5, 0.6) is 5.75 Å². The average Bonchev–Trinajstić information content (AvgIpc) is 3.28. The molecule has 0 radical (unpaired) electrons. The van der Waals surface area contributed by atoms with Crippen molar-refractivity contribution in [1.29, 1.82) is 0 Å². The third kappa shape index (κ3) is 4.59. The van der Waals surface area contributed by atoms with Gasteiger partial charge in [0.15, 0.2) is 5.96 Å². The Morgan fingerprint density at radius 1 is 1.42 bits per heavy atom. The van der Waals surface area contributed by atoms with E-state index in [1.54, 1.807) is 0 Å². The highest BCUT2D eigenvalue weighted by Crippen LogP contribution is 2.24. The number of aliphatic imine (C=N–C) groups is 1. The van der Waals surface area contributed by atoms with Gasteiger partial charge in [-0.25, -0.2) is 4.39 Å². The number of nitrogens with zero attached hydrogens (tertiary/aromatic N) is 2. The smallest absolute Gasteiger partial charge is 0.222 e. The number of halogens is 1. The number of phenols is 1. The first kappa shape index (κ1) is 16.5. The quantitative estimate of drug-likeness (QED) is 0.322. The highest BCUT2D eigenvalue weighted by atomic mass is 19.1. The summed E-state index contributed by atoms with van der Waals surface area (Å²) in [5.41, 5.74) is 0.289. The number of likely N-dealkylation sites (tertiary alicyclic amines) is 1. The molecule has 7 heteroatoms. The van der Waals surface area contributed by atoms with E-state index < -0.39 is 5.82 Å². The molecular formula is C17H23FN4O2. The van der Waals surface area contributed by atoms with E-state index in [0.29, 0.717) is 31.5 Å². The highest BCUT2D eigenvalue weighted by Gasteiger charge is 2.23. The molecule has 130 valence electrons. The van der Waals surface area contributed by atoms with E-state index in [-0.39, 0.29) is 17.3 Å². The van der Waals surface area contributed by atoms with Crippen molar-refractivity contribution < 1.29 is 14.3 Å². The Morgan fingerprint density at radius 3 is 2.96 bits per heavy atom. The third-order valence-electron chi connectivity index (χ3n) is 4.16. The largest absolute Gasteiger partial charge is 0.506 e. The molecule has 0 unspecified atom stereocenters. The number of aromatic hydroxyl groups is 1. The van der Waals surface area contributed by atoms with E-state index in [0.717, 1.165) is 32.2 Å². The number of nitrogens with one attached hydrogen (secondary N) is 2. The van der Waals surface area contributed by atoms with Gasteiger partial charge in [0.2, 0.25) is 5.91 Å². The van der Waals surface area contributed by atoms with Gasteiger partial charge in [-0.1, -0.05) is 0 Å². The highest BCUT2D eigenvalue weighted by molar-refractivity contribution is 5.95. The van der Waals surface area contributed by atoms with Crippen molar-refractivity contribution in [2.24, 2.45) is 4.99 Å². The fourth-order valence-electron chi connectivity index (χ4n) is 2.67. The Morgan fingerprint density at radius 2 is 2.25 bits per heavy atom. The second-order valence-electron chi connectivity index (χ2n) is 6.27. The SMILES string of the molecule is O=C1CCCN1CCCN=C(Nc1cc(F)ccc1O)NC1CC1. The molecule has 6 nitrogen and oxygen atoms in total. The predicted octanol–water partition coefficient (Wildman–Crippen LogP) is 2.06. The van der Waals surface area contributed by atoms with Gasteiger partial charge in [-0.15, -0.1) is 0 Å². The first-order chi connectivity index (χ1) is 11.6. The van der Waals surface area contributed by atoms with Gasteiger partial charge in [-0.2, -0.15) is 0 Å². The van der Waals surface area contributed by atoms with E-state index in [1.165, 1.54) is 18.2 Å². The summed E-state index contributed by atoms with van der Waals surface area (Å²) < 4.78 is 13.3. The molecule has 1 aliphatic carbocycles. The Labute approximate surface area is 140 Å². The molecule has 1 saturated heterocycles. The number of hydrogen-bond acceptors (Lipinski definition) is 3. The van der Waals surface area contributed by atoms with Gasteiger partial charge >= 0.3 is 0 Å². The van der Waals surface area contributed by atoms with Crippen LogP contribution in [0.15, 0.2) is 23.2 Å². The molecule has 1 saturated carbocycles. The van der Waals surface area contributed by atoms with Crippen molar-refractivity contribution in [3.8, 4) is 5.75 Å². The molecule has 0 aromatic heterocycles. The summed E-state index contributed by atoms with van der Waals surface area (Å²) in [6.45, 7) is 2.11. The van der Waals surface area contributed by atoms with Gasteiger partial charge in [0, 0.05) is 38.2 Å². The second kappa shape index (κ2) is 7.51. The Balaban J connectivity index is 1.56. The molecule has 3 N–H and O–H groups in total. The summed E-state index contributed by atoms with van der Waals surface area (Å²) in [6.07, 6.45) is 4.53. The van der Waals surface area contributed by atoms with E-state index in [1.807, 2.05) is 4.90 Å². The third-order valence-corrected chi connectivity index (χ3v) is 4.16. The van der Waals surface area contributed by atoms with Gasteiger partial charge < -0.3 is 20.6 Å². The number of anilines is 1. The molecule has 1 aromatic rings. The molecule has 1 amide bonds. The first-order valence-corrected chi connectivity index (χ1v) is 8.46. The Kier molecular flexibility index (Phi) is 5.17. The molecule has 0 atom stereocenters. The summed E-state index contributed by atoms with van der Waals surface area (Å²) in [6, 6.07) is 4.14. The van der Waals surface area contributed by atoms with Crippen LogP contribution in [0.4, 0.5) is 10.1 Å². The van der Waals surface area contributed by atoms with Crippen molar-refractivity contribution >= 4 is 17.6 Å². The van der Waals surface area contributed by atoms with Crippen LogP contribution in [-0.4, -0.2) is 47.5 Å². The van der Waals surface area contributed by atoms with Crippen molar-refractivity contribution in [2.75, 3.05) is 25.0 Å². The maximum atomic E-state index is 13.3. The fraction of sp³-hybridized carbons (Fsp3) is 0.529. The number of carbonyl (C=O) groups is 1. The summed E-state index contributed by atoms with van der Waals surface area (Å²) in [7, 11) is 0. The zero-order valence-corrected chi connectivity index (χ0v) is 13.6. The average molecular weight is 334 g/mol. The van der Waals surface area contributed by atoms with Crippen molar-refractivity contribution in [3.63, 3.8) is 0 Å². The maximum Gasteiger partial charge on any atom is 0.222 e. The van der Waals surface area contributed by atoms with E-state index in [4.69, 9.17) is 0 Å². The number of carbonyl (C=O) groups excluding carboxylic acids is 1. The van der Waals surface area contributed by atoms with Crippen LogP contribution in [0.2, 0.25) is 0 Å². The lowest BCUT2D eigenvalue weighted by atomic mass is 10.3. The van der Waals surface area contributed by atoms with Crippen LogP contribution in [0.1, 0.15) is 32.1 Å². The first-order valence-electron chi connectivity index (χ1n) is 8.46. The number of benzene rings is 1. The number of phenolic OH excluding ortho intramolecular Hbond substituents is 1. The van der Waals surface area contributed by atoms with E-state index >= 15 is 0 Å². The zero-order chi connectivity index (χ0) is 16.9. The van der Waals surface area contributed by atoms with Gasteiger partial charge in [0.1, 0.15) is 11.6 Å². The molecule has 0 spiro atoms. The topological polar surface area (TPSA) is 77.0 Å². The summed E-state index contributed by atoms with van der Waals surface area (Å²) in [5, 5.41) is 16.0. The molecule has 1 heterocycles. The van der Waals surface area contributed by atoms with E-state index in [2.05, 4.69) is 15.6 Å². The van der Waals surface area contributed by atoms with Crippen LogP contribution >= 0.6 is 0 Å². The second-order valence-corrected chi connectivity index (χ2v) is 6.27. The minimum absolute atomic E-state index is 0.0237. The van der Waals surface area contributed by atoms with Crippen LogP contribution in [0.25, 0.3) is 0 Å². The molecule has 24 heavy (non-hydrogen) atoms. The van der Waals surface area contributed by atoms with Crippen molar-refractivity contribution in [1.82, 2.24) is 10.2 Å². The molecule has 2 fully saturated rings. The van der Waals surface area contributed by atoms with Crippen LogP contribution in [0.3, 0.4) is 0 Å². The lowest BCUT2D eigenvalue weighted by Gasteiger charge is -2.15. The summed E-state index contributed by atoms with van der Waals surface area (Å²) in [5.74, 6) is 0.308. The zero-order valence-electron chi connectivity index (χ0n) is 13.6. The molecule has 1 aromatic carbocycles. The van der Waals surface area contributed by atoms with Crippen molar-refractivity contribution in [3.05, 3.63) is 24.0 Å². The standard InChI is InChI=1S/C17H23FN4O2/c18-12-4-7-15(23)14(11-12)21-17(20-13-5-6-13)19-8-2-10-22-9-1-3-16(22)24/h4,7,11,13,23H,1-3,5-6,8-10H2,(H2,19,20,21).